The third kappa shape index (κ3) is 2.02. The maximum Gasteiger partial charge on any atom is 0.242 e. The van der Waals surface area contributed by atoms with Crippen molar-refractivity contribution in [2.45, 2.75) is 19.9 Å². The number of nitrogens with one attached hydrogen (secondary N) is 2. The highest BCUT2D eigenvalue weighted by Crippen LogP contribution is 2.24. The summed E-state index contributed by atoms with van der Waals surface area (Å²) in [5, 5.41) is 5.86. The van der Waals surface area contributed by atoms with E-state index in [0.29, 0.717) is 6.54 Å². The Kier molecular flexibility index (Phi) is 3.12. The summed E-state index contributed by atoms with van der Waals surface area (Å²) < 4.78 is 0. The summed E-state index contributed by atoms with van der Waals surface area (Å²) in [7, 11) is 1.82. The van der Waals surface area contributed by atoms with E-state index in [1.54, 1.807) is 0 Å². The average Bonchev–Trinajstić information content (AvgIpc) is 2.33. The Bertz CT molecular complexity index is 434. The summed E-state index contributed by atoms with van der Waals surface area (Å²) in [5.41, 5.74) is 0.969. The number of hydrogen-bond donors (Lipinski definition) is 2. The van der Waals surface area contributed by atoms with Gasteiger partial charge in [-0.1, -0.05) is 0 Å². The van der Waals surface area contributed by atoms with Crippen LogP contribution in [0.2, 0.25) is 0 Å². The quantitative estimate of drug-likeness (QED) is 0.763. The molecule has 0 spiro atoms. The van der Waals surface area contributed by atoms with E-state index in [9.17, 15) is 4.79 Å². The predicted octanol–water partition coefficient (Wildman–Crippen LogP) is 0.151. The van der Waals surface area contributed by atoms with Gasteiger partial charge in [0.2, 0.25) is 5.91 Å². The molecule has 1 aliphatic heterocycles. The van der Waals surface area contributed by atoms with Gasteiger partial charge in [0.25, 0.3) is 0 Å². The Morgan fingerprint density at radius 3 is 3.00 bits per heavy atom. The molecule has 1 aromatic heterocycles. The molecule has 0 radical (unpaired) electrons. The van der Waals surface area contributed by atoms with Crippen molar-refractivity contribution in [2.75, 3.05) is 30.4 Å². The van der Waals surface area contributed by atoms with E-state index in [2.05, 4.69) is 20.6 Å². The molecule has 6 heteroatoms. The van der Waals surface area contributed by atoms with Gasteiger partial charge in [0.05, 0.1) is 0 Å². The van der Waals surface area contributed by atoms with Gasteiger partial charge in [0, 0.05) is 25.7 Å². The van der Waals surface area contributed by atoms with Gasteiger partial charge in [-0.2, -0.15) is 0 Å². The van der Waals surface area contributed by atoms with Gasteiger partial charge in [-0.05, 0) is 13.8 Å². The number of hydrogen-bond acceptors (Lipinski definition) is 5. The van der Waals surface area contributed by atoms with Gasteiger partial charge in [-0.15, -0.1) is 0 Å². The Labute approximate surface area is 100 Å². The first-order valence-corrected chi connectivity index (χ1v) is 5.69. The second-order valence-electron chi connectivity index (χ2n) is 4.08. The van der Waals surface area contributed by atoms with Gasteiger partial charge in [-0.25, -0.2) is 9.97 Å². The SMILES string of the molecule is CNc1ncnc(N2CCNC(=O)C2C)c1C. The van der Waals surface area contributed by atoms with Crippen LogP contribution in [0.25, 0.3) is 0 Å². The number of amides is 1. The van der Waals surface area contributed by atoms with Gasteiger partial charge < -0.3 is 15.5 Å². The van der Waals surface area contributed by atoms with Crippen LogP contribution in [0.4, 0.5) is 11.6 Å². The Morgan fingerprint density at radius 2 is 2.29 bits per heavy atom. The first-order valence-electron chi connectivity index (χ1n) is 5.69. The van der Waals surface area contributed by atoms with E-state index in [0.717, 1.165) is 23.7 Å². The van der Waals surface area contributed by atoms with Crippen molar-refractivity contribution in [3.05, 3.63) is 11.9 Å². The monoisotopic (exact) mass is 235 g/mol. The molecule has 17 heavy (non-hydrogen) atoms. The normalized spacial score (nSPS) is 20.1. The lowest BCUT2D eigenvalue weighted by Gasteiger charge is -2.34. The molecule has 2 N–H and O–H groups in total. The second kappa shape index (κ2) is 4.57. The lowest BCUT2D eigenvalue weighted by molar-refractivity contribution is -0.122. The Hall–Kier alpha value is -1.85. The first kappa shape index (κ1) is 11.6. The fourth-order valence-electron chi connectivity index (χ4n) is 2.05. The zero-order chi connectivity index (χ0) is 12.4. The third-order valence-electron chi connectivity index (χ3n) is 3.07. The Morgan fingerprint density at radius 1 is 1.53 bits per heavy atom. The molecule has 2 heterocycles. The van der Waals surface area contributed by atoms with E-state index in [-0.39, 0.29) is 11.9 Å². The number of carbonyl (C=O) groups is 1. The molecule has 0 aliphatic carbocycles. The number of carbonyl (C=O) groups excluding carboxylic acids is 1. The molecule has 1 atom stereocenters. The number of nitrogens with zero attached hydrogens (tertiary/aromatic N) is 3. The molecular weight excluding hydrogens is 218 g/mol. The topological polar surface area (TPSA) is 70.2 Å². The van der Waals surface area contributed by atoms with Gasteiger partial charge >= 0.3 is 0 Å². The number of anilines is 2. The summed E-state index contributed by atoms with van der Waals surface area (Å²) in [6.45, 7) is 5.27. The summed E-state index contributed by atoms with van der Waals surface area (Å²) >= 11 is 0. The minimum atomic E-state index is -0.193. The van der Waals surface area contributed by atoms with Crippen molar-refractivity contribution in [1.82, 2.24) is 15.3 Å². The van der Waals surface area contributed by atoms with Crippen molar-refractivity contribution in [3.8, 4) is 0 Å². The Balaban J connectivity index is 2.36. The highest BCUT2D eigenvalue weighted by molar-refractivity contribution is 5.86. The predicted molar refractivity (Wildman–Crippen MR) is 66.1 cm³/mol. The highest BCUT2D eigenvalue weighted by Gasteiger charge is 2.27. The summed E-state index contributed by atoms with van der Waals surface area (Å²) in [6.07, 6.45) is 1.52. The van der Waals surface area contributed by atoms with Crippen molar-refractivity contribution < 1.29 is 4.79 Å². The standard InChI is InChI=1S/C11H17N5O/c1-7-9(12-3)14-6-15-10(7)16-5-4-13-11(17)8(16)2/h6,8H,4-5H2,1-3H3,(H,13,17)(H,12,14,15). The molecule has 92 valence electrons. The lowest BCUT2D eigenvalue weighted by Crippen LogP contribution is -2.54. The molecule has 0 aromatic carbocycles. The smallest absolute Gasteiger partial charge is 0.242 e. The number of aromatic nitrogens is 2. The molecular formula is C11H17N5O. The molecule has 1 fully saturated rings. The summed E-state index contributed by atoms with van der Waals surface area (Å²) in [4.78, 5) is 22.1. The first-order chi connectivity index (χ1) is 8.15. The second-order valence-corrected chi connectivity index (χ2v) is 4.08. The fraction of sp³-hybridized carbons (Fsp3) is 0.545. The minimum absolute atomic E-state index is 0.0419. The zero-order valence-corrected chi connectivity index (χ0v) is 10.3. The van der Waals surface area contributed by atoms with Crippen LogP contribution >= 0.6 is 0 Å². The lowest BCUT2D eigenvalue weighted by atomic mass is 10.2. The minimum Gasteiger partial charge on any atom is -0.373 e. The van der Waals surface area contributed by atoms with E-state index in [1.807, 2.05) is 25.8 Å². The van der Waals surface area contributed by atoms with E-state index < -0.39 is 0 Å². The van der Waals surface area contributed by atoms with Crippen molar-refractivity contribution >= 4 is 17.5 Å². The number of rotatable bonds is 2. The van der Waals surface area contributed by atoms with Crippen LogP contribution in [0, 0.1) is 6.92 Å². The van der Waals surface area contributed by atoms with Gasteiger partial charge in [0.15, 0.2) is 0 Å². The van der Waals surface area contributed by atoms with Crippen LogP contribution in [-0.2, 0) is 4.79 Å². The van der Waals surface area contributed by atoms with E-state index in [1.165, 1.54) is 6.33 Å². The highest BCUT2D eigenvalue weighted by atomic mass is 16.2. The molecule has 1 unspecified atom stereocenters. The molecule has 1 amide bonds. The molecule has 0 bridgehead atoms. The van der Waals surface area contributed by atoms with Crippen molar-refractivity contribution in [2.24, 2.45) is 0 Å². The molecule has 1 saturated heterocycles. The number of piperazine rings is 1. The molecule has 2 rings (SSSR count). The summed E-state index contributed by atoms with van der Waals surface area (Å²) in [5.74, 6) is 1.67. The molecule has 1 aromatic rings. The van der Waals surface area contributed by atoms with Crippen LogP contribution in [-0.4, -0.2) is 42.1 Å². The van der Waals surface area contributed by atoms with Crippen LogP contribution < -0.4 is 15.5 Å². The van der Waals surface area contributed by atoms with Crippen LogP contribution in [0.15, 0.2) is 6.33 Å². The zero-order valence-electron chi connectivity index (χ0n) is 10.3. The third-order valence-corrected chi connectivity index (χ3v) is 3.07. The molecule has 0 saturated carbocycles. The van der Waals surface area contributed by atoms with Crippen molar-refractivity contribution in [1.29, 1.82) is 0 Å². The van der Waals surface area contributed by atoms with E-state index >= 15 is 0 Å². The van der Waals surface area contributed by atoms with Gasteiger partial charge in [-0.3, -0.25) is 4.79 Å². The fourth-order valence-corrected chi connectivity index (χ4v) is 2.05. The van der Waals surface area contributed by atoms with Crippen LogP contribution in [0.5, 0.6) is 0 Å². The molecule has 1 aliphatic rings. The largest absolute Gasteiger partial charge is 0.373 e. The maximum absolute atomic E-state index is 11.6. The average molecular weight is 235 g/mol. The molecule has 6 nitrogen and oxygen atoms in total. The van der Waals surface area contributed by atoms with Gasteiger partial charge in [0.1, 0.15) is 24.0 Å². The summed E-state index contributed by atoms with van der Waals surface area (Å²) in [6, 6.07) is -0.193. The van der Waals surface area contributed by atoms with Crippen LogP contribution in [0.1, 0.15) is 12.5 Å². The van der Waals surface area contributed by atoms with Crippen molar-refractivity contribution in [3.63, 3.8) is 0 Å². The van der Waals surface area contributed by atoms with E-state index in [4.69, 9.17) is 0 Å². The van der Waals surface area contributed by atoms with Crippen LogP contribution in [0.3, 0.4) is 0 Å². The maximum atomic E-state index is 11.6.